The summed E-state index contributed by atoms with van der Waals surface area (Å²) in [5, 5.41) is 0. The summed E-state index contributed by atoms with van der Waals surface area (Å²) in [5.74, 6) is 0.898. The average molecular weight is 547 g/mol. The molecular formula is C31H34N2O5S. The maximum absolute atomic E-state index is 14.0. The van der Waals surface area contributed by atoms with Crippen LogP contribution in [0.25, 0.3) is 6.08 Å². The molecule has 0 spiro atoms. The fraction of sp³-hybridized carbons (Fsp3) is 0.323. The maximum atomic E-state index is 14.0. The van der Waals surface area contributed by atoms with Crippen LogP contribution in [0.15, 0.2) is 76.2 Å². The van der Waals surface area contributed by atoms with Crippen LogP contribution in [0.3, 0.4) is 0 Å². The Kier molecular flexibility index (Phi) is 8.86. The molecule has 0 unspecified atom stereocenters. The predicted molar refractivity (Wildman–Crippen MR) is 154 cm³/mol. The van der Waals surface area contributed by atoms with E-state index in [2.05, 4.69) is 11.6 Å². The molecule has 2 heterocycles. The van der Waals surface area contributed by atoms with Crippen LogP contribution in [0, 0.1) is 0 Å². The molecule has 204 valence electrons. The van der Waals surface area contributed by atoms with Crippen molar-refractivity contribution >= 4 is 23.4 Å². The molecule has 0 fully saturated rings. The van der Waals surface area contributed by atoms with E-state index in [9.17, 15) is 9.59 Å². The van der Waals surface area contributed by atoms with Gasteiger partial charge in [-0.25, -0.2) is 9.79 Å². The number of rotatable bonds is 10. The topological polar surface area (TPSA) is 79.1 Å². The first kappa shape index (κ1) is 28.1. The van der Waals surface area contributed by atoms with Crippen molar-refractivity contribution in [1.82, 2.24) is 4.57 Å². The second kappa shape index (κ2) is 12.3. The Bertz CT molecular complexity index is 1600. The summed E-state index contributed by atoms with van der Waals surface area (Å²) in [6.07, 6.45) is 4.23. The normalized spacial score (nSPS) is 15.1. The number of esters is 1. The molecule has 39 heavy (non-hydrogen) atoms. The number of hydrogen-bond acceptors (Lipinski definition) is 7. The monoisotopic (exact) mass is 546 g/mol. The van der Waals surface area contributed by atoms with Crippen molar-refractivity contribution < 1.29 is 19.0 Å². The van der Waals surface area contributed by atoms with Gasteiger partial charge in [0.15, 0.2) is 4.80 Å². The van der Waals surface area contributed by atoms with Crippen LogP contribution in [-0.2, 0) is 16.0 Å². The second-order valence-corrected chi connectivity index (χ2v) is 10.3. The minimum absolute atomic E-state index is 0.0949. The standard InChI is InChI=1S/C31H34N2O5S/c1-7-12-22-17-21(15-16-24(22)36-8-2)18-26-29(34)33-28(23-13-10-11-14-25(23)38-19(4)5)27(30(35)37-9-3)20(6)32-31(33)39-26/h7,10-11,13-19,28H,1,8-9,12H2,2-6H3/b26-18+/t28-/m1/s1. The molecule has 8 heteroatoms. The van der Waals surface area contributed by atoms with Gasteiger partial charge in [0.2, 0.25) is 0 Å². The Morgan fingerprint density at radius 3 is 2.62 bits per heavy atom. The van der Waals surface area contributed by atoms with Gasteiger partial charge < -0.3 is 14.2 Å². The summed E-state index contributed by atoms with van der Waals surface area (Å²) in [4.78, 5) is 32.4. The number of carbonyl (C=O) groups is 1. The minimum atomic E-state index is -0.742. The number of para-hydroxylation sites is 1. The highest BCUT2D eigenvalue weighted by Crippen LogP contribution is 2.36. The summed E-state index contributed by atoms with van der Waals surface area (Å²) in [5.41, 5.74) is 3.15. The van der Waals surface area contributed by atoms with Crippen molar-refractivity contribution in [3.63, 3.8) is 0 Å². The Balaban J connectivity index is 1.93. The van der Waals surface area contributed by atoms with Crippen LogP contribution in [0.5, 0.6) is 11.5 Å². The Hall–Kier alpha value is -3.91. The molecule has 0 bridgehead atoms. The Labute approximate surface area is 232 Å². The molecule has 1 aliphatic heterocycles. The molecule has 3 aromatic rings. The summed E-state index contributed by atoms with van der Waals surface area (Å²) in [6.45, 7) is 14.0. The molecule has 0 saturated carbocycles. The number of aromatic nitrogens is 1. The third-order valence-electron chi connectivity index (χ3n) is 6.14. The number of nitrogens with zero attached hydrogens (tertiary/aromatic N) is 2. The zero-order chi connectivity index (χ0) is 28.1. The van der Waals surface area contributed by atoms with Crippen molar-refractivity contribution in [3.05, 3.63) is 103 Å². The highest BCUT2D eigenvalue weighted by molar-refractivity contribution is 7.07. The molecule has 0 amide bonds. The number of allylic oxidation sites excluding steroid dienone is 2. The smallest absolute Gasteiger partial charge is 0.338 e. The third-order valence-corrected chi connectivity index (χ3v) is 7.12. The van der Waals surface area contributed by atoms with Gasteiger partial charge in [0.25, 0.3) is 5.56 Å². The summed E-state index contributed by atoms with van der Waals surface area (Å²) < 4.78 is 19.4. The lowest BCUT2D eigenvalue weighted by Gasteiger charge is -2.26. The van der Waals surface area contributed by atoms with E-state index in [1.807, 2.05) is 75.4 Å². The SMILES string of the molecule is C=CCc1cc(/C=c2/sc3n(c2=O)[C@H](c2ccccc2OC(C)C)C(C(=O)OCC)=C(C)N=3)ccc1OCC. The van der Waals surface area contributed by atoms with Crippen molar-refractivity contribution in [3.8, 4) is 11.5 Å². The van der Waals surface area contributed by atoms with Gasteiger partial charge in [0.05, 0.1) is 35.1 Å². The quantitative estimate of drug-likeness (QED) is 0.272. The van der Waals surface area contributed by atoms with Crippen molar-refractivity contribution in [2.24, 2.45) is 4.99 Å². The highest BCUT2D eigenvalue weighted by Gasteiger charge is 2.35. The van der Waals surface area contributed by atoms with Gasteiger partial charge in [-0.15, -0.1) is 6.58 Å². The van der Waals surface area contributed by atoms with Crippen LogP contribution in [0.2, 0.25) is 0 Å². The van der Waals surface area contributed by atoms with Gasteiger partial charge in [-0.2, -0.15) is 0 Å². The molecule has 0 radical (unpaired) electrons. The van der Waals surface area contributed by atoms with Gasteiger partial charge in [-0.3, -0.25) is 9.36 Å². The fourth-order valence-electron chi connectivity index (χ4n) is 4.61. The highest BCUT2D eigenvalue weighted by atomic mass is 32.1. The van der Waals surface area contributed by atoms with E-state index < -0.39 is 12.0 Å². The van der Waals surface area contributed by atoms with E-state index in [1.165, 1.54) is 11.3 Å². The molecule has 1 aliphatic rings. The van der Waals surface area contributed by atoms with Crippen molar-refractivity contribution in [1.29, 1.82) is 0 Å². The number of thiazole rings is 1. The number of hydrogen-bond donors (Lipinski definition) is 0. The first-order valence-electron chi connectivity index (χ1n) is 13.1. The van der Waals surface area contributed by atoms with Crippen LogP contribution in [0.4, 0.5) is 0 Å². The van der Waals surface area contributed by atoms with E-state index in [0.29, 0.717) is 44.9 Å². The van der Waals surface area contributed by atoms with Gasteiger partial charge in [0, 0.05) is 5.56 Å². The molecule has 0 N–H and O–H groups in total. The molecule has 1 atom stereocenters. The van der Waals surface area contributed by atoms with Crippen molar-refractivity contribution in [2.75, 3.05) is 13.2 Å². The first-order chi connectivity index (χ1) is 18.8. The lowest BCUT2D eigenvalue weighted by molar-refractivity contribution is -0.139. The zero-order valence-electron chi connectivity index (χ0n) is 23.0. The van der Waals surface area contributed by atoms with E-state index in [1.54, 1.807) is 18.4 Å². The zero-order valence-corrected chi connectivity index (χ0v) is 23.8. The molecule has 2 aromatic carbocycles. The summed E-state index contributed by atoms with van der Waals surface area (Å²) in [6, 6.07) is 12.6. The number of ether oxygens (including phenoxy) is 3. The average Bonchev–Trinajstić information content (AvgIpc) is 3.19. The molecule has 1 aromatic heterocycles. The lowest BCUT2D eigenvalue weighted by Crippen LogP contribution is -2.40. The van der Waals surface area contributed by atoms with Gasteiger partial charge in [-0.1, -0.05) is 41.7 Å². The molecule has 0 aliphatic carbocycles. The minimum Gasteiger partial charge on any atom is -0.494 e. The van der Waals surface area contributed by atoms with E-state index in [0.717, 1.165) is 16.9 Å². The summed E-state index contributed by atoms with van der Waals surface area (Å²) >= 11 is 1.29. The fourth-order valence-corrected chi connectivity index (χ4v) is 5.65. The predicted octanol–water partition coefficient (Wildman–Crippen LogP) is 4.71. The van der Waals surface area contributed by atoms with Crippen LogP contribution >= 0.6 is 11.3 Å². The van der Waals surface area contributed by atoms with E-state index in [4.69, 9.17) is 14.2 Å². The number of fused-ring (bicyclic) bond motifs is 1. The Morgan fingerprint density at radius 1 is 1.15 bits per heavy atom. The van der Waals surface area contributed by atoms with Gasteiger partial charge >= 0.3 is 5.97 Å². The van der Waals surface area contributed by atoms with E-state index >= 15 is 0 Å². The first-order valence-corrected chi connectivity index (χ1v) is 13.9. The third kappa shape index (κ3) is 5.91. The Morgan fingerprint density at radius 2 is 1.92 bits per heavy atom. The van der Waals surface area contributed by atoms with Gasteiger partial charge in [-0.05, 0) is 76.4 Å². The molecular weight excluding hydrogens is 512 g/mol. The largest absolute Gasteiger partial charge is 0.494 e. The summed E-state index contributed by atoms with van der Waals surface area (Å²) in [7, 11) is 0. The lowest BCUT2D eigenvalue weighted by atomic mass is 9.95. The second-order valence-electron chi connectivity index (χ2n) is 9.30. The van der Waals surface area contributed by atoms with Gasteiger partial charge in [0.1, 0.15) is 17.5 Å². The van der Waals surface area contributed by atoms with Crippen LogP contribution in [-0.4, -0.2) is 29.9 Å². The molecule has 7 nitrogen and oxygen atoms in total. The maximum Gasteiger partial charge on any atom is 0.338 e. The van der Waals surface area contributed by atoms with Crippen LogP contribution in [0.1, 0.15) is 57.4 Å². The molecule has 4 rings (SSSR count). The number of benzene rings is 2. The van der Waals surface area contributed by atoms with Crippen molar-refractivity contribution in [2.45, 2.75) is 53.2 Å². The van der Waals surface area contributed by atoms with E-state index in [-0.39, 0.29) is 18.3 Å². The number of carbonyl (C=O) groups excluding carboxylic acids is 1. The molecule has 0 saturated heterocycles. The van der Waals surface area contributed by atoms with Crippen LogP contribution < -0.4 is 24.4 Å².